The Morgan fingerprint density at radius 3 is 2.52 bits per heavy atom. The lowest BCUT2D eigenvalue weighted by molar-refractivity contribution is 0.100. The summed E-state index contributed by atoms with van der Waals surface area (Å²) in [5.74, 6) is 5.02. The number of nitrogens with one attached hydrogen (secondary N) is 1. The molecule has 0 spiro atoms. The van der Waals surface area contributed by atoms with Crippen molar-refractivity contribution >= 4 is 27.3 Å². The number of carbonyl (C=O) groups excluding carboxylic acids is 1. The normalized spacial score (nSPS) is 10.7. The number of hydrogen-bond acceptors (Lipinski definition) is 4. The topological polar surface area (TPSA) is 89.3 Å². The van der Waals surface area contributed by atoms with E-state index in [1.807, 2.05) is 0 Å². The molecule has 0 fully saturated rings. The number of carbonyl (C=O) groups is 1. The van der Waals surface area contributed by atoms with Crippen molar-refractivity contribution in [2.24, 2.45) is 5.73 Å². The van der Waals surface area contributed by atoms with Crippen LogP contribution in [-0.2, 0) is 10.0 Å². The van der Waals surface area contributed by atoms with Gasteiger partial charge in [-0.3, -0.25) is 4.79 Å². The Morgan fingerprint density at radius 1 is 1.24 bits per heavy atom. The van der Waals surface area contributed by atoms with E-state index in [4.69, 9.17) is 5.73 Å². The Bertz CT molecular complexity index is 783. The fourth-order valence-electron chi connectivity index (χ4n) is 1.48. The summed E-state index contributed by atoms with van der Waals surface area (Å²) < 4.78 is 26.3. The predicted molar refractivity (Wildman–Crippen MR) is 81.3 cm³/mol. The fourth-order valence-corrected chi connectivity index (χ4v) is 3.44. The van der Waals surface area contributed by atoms with Crippen molar-refractivity contribution in [1.82, 2.24) is 4.72 Å². The summed E-state index contributed by atoms with van der Waals surface area (Å²) >= 11 is 1.15. The summed E-state index contributed by atoms with van der Waals surface area (Å²) in [6, 6.07) is 9.65. The van der Waals surface area contributed by atoms with E-state index in [1.54, 1.807) is 35.7 Å². The summed E-state index contributed by atoms with van der Waals surface area (Å²) in [7, 11) is -3.48. The summed E-state index contributed by atoms with van der Waals surface area (Å²) in [6.45, 7) is 0.0117. The van der Waals surface area contributed by atoms with Gasteiger partial charge in [0.2, 0.25) is 5.91 Å². The van der Waals surface area contributed by atoms with Crippen LogP contribution >= 0.6 is 11.3 Å². The first kappa shape index (κ1) is 15.3. The molecule has 1 aromatic heterocycles. The van der Waals surface area contributed by atoms with Crippen LogP contribution in [0, 0.1) is 11.8 Å². The van der Waals surface area contributed by atoms with Gasteiger partial charge < -0.3 is 5.73 Å². The highest BCUT2D eigenvalue weighted by Crippen LogP contribution is 2.14. The van der Waals surface area contributed by atoms with E-state index in [-0.39, 0.29) is 10.8 Å². The van der Waals surface area contributed by atoms with Gasteiger partial charge in [-0.25, -0.2) is 8.42 Å². The van der Waals surface area contributed by atoms with Gasteiger partial charge in [-0.15, -0.1) is 11.3 Å². The first-order valence-corrected chi connectivity index (χ1v) is 8.27. The maximum absolute atomic E-state index is 11.8. The quantitative estimate of drug-likeness (QED) is 0.829. The molecule has 0 atom stereocenters. The molecule has 0 aliphatic heterocycles. The van der Waals surface area contributed by atoms with Gasteiger partial charge in [0, 0.05) is 11.1 Å². The van der Waals surface area contributed by atoms with Crippen LogP contribution in [0.4, 0.5) is 0 Å². The lowest BCUT2D eigenvalue weighted by Gasteiger charge is -1.99. The van der Waals surface area contributed by atoms with E-state index in [0.717, 1.165) is 11.3 Å². The molecule has 0 aliphatic carbocycles. The van der Waals surface area contributed by atoms with Crippen molar-refractivity contribution in [1.29, 1.82) is 0 Å². The van der Waals surface area contributed by atoms with Crippen molar-refractivity contribution in [2.45, 2.75) is 4.21 Å². The number of primary amides is 1. The molecule has 0 unspecified atom stereocenters. The Balaban J connectivity index is 1.97. The molecule has 2 aromatic rings. The van der Waals surface area contributed by atoms with Gasteiger partial charge in [0.1, 0.15) is 4.21 Å². The molecule has 3 N–H and O–H groups in total. The van der Waals surface area contributed by atoms with Crippen LogP contribution in [0.2, 0.25) is 0 Å². The fraction of sp³-hybridized carbons (Fsp3) is 0.0714. The Kier molecular flexibility index (Phi) is 4.75. The predicted octanol–water partition coefficient (Wildman–Crippen LogP) is 1.18. The molecule has 21 heavy (non-hydrogen) atoms. The standard InChI is InChI=1S/C14H12N2O3S2/c15-14(17)12-7-5-11(6-8-12)3-1-9-16-21(18,19)13-4-2-10-20-13/h2,4-8,10,16H,9H2,(H2,15,17). The zero-order valence-electron chi connectivity index (χ0n) is 10.9. The monoisotopic (exact) mass is 320 g/mol. The summed E-state index contributed by atoms with van der Waals surface area (Å²) in [4.78, 5) is 10.9. The second-order valence-electron chi connectivity index (χ2n) is 4.00. The molecular weight excluding hydrogens is 308 g/mol. The summed E-state index contributed by atoms with van der Waals surface area (Å²) in [5, 5.41) is 1.69. The second-order valence-corrected chi connectivity index (χ2v) is 6.94. The Labute approximate surface area is 126 Å². The Hall–Kier alpha value is -2.14. The van der Waals surface area contributed by atoms with Crippen molar-refractivity contribution < 1.29 is 13.2 Å². The molecule has 1 amide bonds. The van der Waals surface area contributed by atoms with Crippen LogP contribution in [0.25, 0.3) is 0 Å². The third-order valence-electron chi connectivity index (χ3n) is 2.51. The van der Waals surface area contributed by atoms with Crippen molar-refractivity contribution in [3.8, 4) is 11.8 Å². The number of rotatable bonds is 4. The van der Waals surface area contributed by atoms with Crippen LogP contribution < -0.4 is 10.5 Å². The van der Waals surface area contributed by atoms with Crippen molar-refractivity contribution in [3.63, 3.8) is 0 Å². The lowest BCUT2D eigenvalue weighted by atomic mass is 10.1. The van der Waals surface area contributed by atoms with Crippen LogP contribution in [-0.4, -0.2) is 20.9 Å². The maximum atomic E-state index is 11.8. The summed E-state index contributed by atoms with van der Waals surface area (Å²) in [6.07, 6.45) is 0. The molecule has 0 saturated heterocycles. The largest absolute Gasteiger partial charge is 0.366 e. The van der Waals surface area contributed by atoms with E-state index < -0.39 is 15.9 Å². The van der Waals surface area contributed by atoms with E-state index >= 15 is 0 Å². The molecule has 0 aliphatic rings. The molecule has 1 aromatic carbocycles. The van der Waals surface area contributed by atoms with Gasteiger partial charge >= 0.3 is 0 Å². The van der Waals surface area contributed by atoms with Crippen molar-refractivity contribution in [3.05, 3.63) is 52.9 Å². The minimum atomic E-state index is -3.48. The number of nitrogens with two attached hydrogens (primary N) is 1. The smallest absolute Gasteiger partial charge is 0.250 e. The first-order valence-electron chi connectivity index (χ1n) is 5.91. The summed E-state index contributed by atoms with van der Waals surface area (Å²) in [5.41, 5.74) is 6.21. The molecule has 108 valence electrons. The number of benzene rings is 1. The average Bonchev–Trinajstić information content (AvgIpc) is 2.99. The van der Waals surface area contributed by atoms with Gasteiger partial charge in [-0.1, -0.05) is 17.9 Å². The second kappa shape index (κ2) is 6.54. The molecule has 0 radical (unpaired) electrons. The third kappa shape index (κ3) is 4.16. The number of sulfonamides is 1. The highest BCUT2D eigenvalue weighted by molar-refractivity contribution is 7.91. The SMILES string of the molecule is NC(=O)c1ccc(C#CCNS(=O)(=O)c2cccs2)cc1. The van der Waals surface area contributed by atoms with E-state index in [1.165, 1.54) is 6.07 Å². The molecule has 5 nitrogen and oxygen atoms in total. The highest BCUT2D eigenvalue weighted by Gasteiger charge is 2.12. The third-order valence-corrected chi connectivity index (χ3v) is 5.31. The van der Waals surface area contributed by atoms with E-state index in [9.17, 15) is 13.2 Å². The maximum Gasteiger partial charge on any atom is 0.250 e. The van der Waals surface area contributed by atoms with E-state index in [2.05, 4.69) is 16.6 Å². The van der Waals surface area contributed by atoms with Crippen LogP contribution in [0.15, 0.2) is 46.0 Å². The van der Waals surface area contributed by atoms with Gasteiger partial charge in [0.25, 0.3) is 10.0 Å². The van der Waals surface area contributed by atoms with Crippen molar-refractivity contribution in [2.75, 3.05) is 6.54 Å². The van der Waals surface area contributed by atoms with Gasteiger partial charge in [0.15, 0.2) is 0 Å². The molecule has 7 heteroatoms. The molecule has 0 bridgehead atoms. The van der Waals surface area contributed by atoms with Crippen LogP contribution in [0.5, 0.6) is 0 Å². The number of hydrogen-bond donors (Lipinski definition) is 2. The van der Waals surface area contributed by atoms with Gasteiger partial charge in [-0.05, 0) is 35.7 Å². The first-order chi connectivity index (χ1) is 9.99. The van der Waals surface area contributed by atoms with Gasteiger partial charge in [-0.2, -0.15) is 4.72 Å². The van der Waals surface area contributed by atoms with E-state index in [0.29, 0.717) is 11.1 Å². The minimum absolute atomic E-state index is 0.0117. The molecule has 2 rings (SSSR count). The number of thiophene rings is 1. The zero-order chi connectivity index (χ0) is 15.3. The highest BCUT2D eigenvalue weighted by atomic mass is 32.2. The van der Waals surface area contributed by atoms with Gasteiger partial charge in [0.05, 0.1) is 6.54 Å². The molecule has 0 saturated carbocycles. The van der Waals surface area contributed by atoms with Crippen LogP contribution in [0.3, 0.4) is 0 Å². The average molecular weight is 320 g/mol. The number of amides is 1. The Morgan fingerprint density at radius 2 is 1.95 bits per heavy atom. The zero-order valence-corrected chi connectivity index (χ0v) is 12.5. The van der Waals surface area contributed by atoms with Crippen LogP contribution in [0.1, 0.15) is 15.9 Å². The lowest BCUT2D eigenvalue weighted by Crippen LogP contribution is -2.23. The molecular formula is C14H12N2O3S2. The minimum Gasteiger partial charge on any atom is -0.366 e. The molecule has 1 heterocycles.